The average molecular weight is 468 g/mol. The Morgan fingerprint density at radius 3 is 2.40 bits per heavy atom. The number of benzene rings is 3. The van der Waals surface area contributed by atoms with Gasteiger partial charge < -0.3 is 19.5 Å². The van der Waals surface area contributed by atoms with Crippen molar-refractivity contribution in [1.82, 2.24) is 0 Å². The monoisotopic (exact) mass is 467 g/mol. The fourth-order valence-electron chi connectivity index (χ4n) is 2.74. The molecule has 0 aliphatic rings. The molecule has 1 N–H and O–H groups in total. The average Bonchev–Trinajstić information content (AvgIpc) is 2.77. The van der Waals surface area contributed by atoms with E-state index in [1.165, 1.54) is 6.08 Å². The molecule has 0 radical (unpaired) electrons. The number of nitrogens with one attached hydrogen (secondary N) is 1. The van der Waals surface area contributed by atoms with Crippen molar-refractivity contribution in [3.8, 4) is 17.2 Å². The number of amides is 1. The zero-order valence-electron chi connectivity index (χ0n) is 16.7. The van der Waals surface area contributed by atoms with E-state index in [1.54, 1.807) is 44.6 Å². The molecule has 1 amide bonds. The van der Waals surface area contributed by atoms with Crippen LogP contribution in [0.4, 0.5) is 5.69 Å². The number of hydrogen-bond acceptors (Lipinski definition) is 4. The largest absolute Gasteiger partial charge is 0.497 e. The van der Waals surface area contributed by atoms with Gasteiger partial charge in [0.15, 0.2) is 11.5 Å². The molecule has 0 aromatic heterocycles. The van der Waals surface area contributed by atoms with Gasteiger partial charge >= 0.3 is 0 Å². The summed E-state index contributed by atoms with van der Waals surface area (Å²) in [6.45, 7) is 0.426. The lowest BCUT2D eigenvalue weighted by atomic mass is 10.2. The van der Waals surface area contributed by atoms with Gasteiger partial charge in [-0.05, 0) is 69.5 Å². The van der Waals surface area contributed by atoms with E-state index in [4.69, 9.17) is 14.2 Å². The lowest BCUT2D eigenvalue weighted by Crippen LogP contribution is -2.07. The molecule has 5 nitrogen and oxygen atoms in total. The summed E-state index contributed by atoms with van der Waals surface area (Å²) in [6, 6.07) is 20.7. The molecule has 0 aliphatic heterocycles. The van der Waals surface area contributed by atoms with Gasteiger partial charge in [-0.3, -0.25) is 4.79 Å². The Bertz CT molecular complexity index is 1020. The first-order valence-corrected chi connectivity index (χ1v) is 10.1. The Labute approximate surface area is 184 Å². The molecule has 3 rings (SSSR count). The highest BCUT2D eigenvalue weighted by atomic mass is 79.9. The number of methoxy groups -OCH3 is 2. The van der Waals surface area contributed by atoms with Crippen molar-refractivity contribution in [2.24, 2.45) is 0 Å². The summed E-state index contributed by atoms with van der Waals surface area (Å²) in [4.78, 5) is 12.2. The second kappa shape index (κ2) is 10.5. The topological polar surface area (TPSA) is 56.8 Å². The Hall–Kier alpha value is -3.25. The number of carbonyl (C=O) groups excluding carboxylic acids is 1. The SMILES string of the molecule is COc1ccc(NC(=O)/C=C/c2cc(Br)c(OCc3ccccc3)c(OC)c2)cc1. The highest BCUT2D eigenvalue weighted by Gasteiger charge is 2.11. The molecule has 0 fully saturated rings. The summed E-state index contributed by atoms with van der Waals surface area (Å²) in [5, 5.41) is 2.81. The predicted molar refractivity (Wildman–Crippen MR) is 122 cm³/mol. The third-order valence-electron chi connectivity index (χ3n) is 4.26. The van der Waals surface area contributed by atoms with Crippen LogP contribution in [-0.2, 0) is 11.4 Å². The van der Waals surface area contributed by atoms with Gasteiger partial charge in [0.1, 0.15) is 12.4 Å². The van der Waals surface area contributed by atoms with Gasteiger partial charge in [0, 0.05) is 11.8 Å². The molecule has 0 saturated carbocycles. The third-order valence-corrected chi connectivity index (χ3v) is 4.85. The van der Waals surface area contributed by atoms with Crippen LogP contribution in [0.5, 0.6) is 17.2 Å². The van der Waals surface area contributed by atoms with Gasteiger partial charge in [0.05, 0.1) is 18.7 Å². The van der Waals surface area contributed by atoms with Crippen molar-refractivity contribution in [3.05, 3.63) is 88.4 Å². The quantitative estimate of drug-likeness (QED) is 0.431. The van der Waals surface area contributed by atoms with E-state index in [-0.39, 0.29) is 5.91 Å². The van der Waals surface area contributed by atoms with E-state index in [9.17, 15) is 4.79 Å². The summed E-state index contributed by atoms with van der Waals surface area (Å²) in [5.74, 6) is 1.69. The van der Waals surface area contributed by atoms with E-state index >= 15 is 0 Å². The molecule has 0 atom stereocenters. The van der Waals surface area contributed by atoms with Crippen LogP contribution in [0, 0.1) is 0 Å². The molecule has 3 aromatic carbocycles. The Morgan fingerprint density at radius 2 is 1.73 bits per heavy atom. The summed E-state index contributed by atoms with van der Waals surface area (Å²) in [7, 11) is 3.18. The smallest absolute Gasteiger partial charge is 0.248 e. The second-order valence-corrected chi connectivity index (χ2v) is 7.21. The molecular formula is C24H22BrNO4. The molecule has 154 valence electrons. The lowest BCUT2D eigenvalue weighted by molar-refractivity contribution is -0.111. The van der Waals surface area contributed by atoms with Crippen LogP contribution >= 0.6 is 15.9 Å². The van der Waals surface area contributed by atoms with Gasteiger partial charge in [-0.1, -0.05) is 30.3 Å². The van der Waals surface area contributed by atoms with Gasteiger partial charge in [0.25, 0.3) is 0 Å². The zero-order valence-corrected chi connectivity index (χ0v) is 18.3. The zero-order chi connectivity index (χ0) is 21.3. The maximum atomic E-state index is 12.2. The number of anilines is 1. The van der Waals surface area contributed by atoms with Crippen molar-refractivity contribution in [2.75, 3.05) is 19.5 Å². The van der Waals surface area contributed by atoms with Crippen molar-refractivity contribution in [3.63, 3.8) is 0 Å². The number of carbonyl (C=O) groups is 1. The van der Waals surface area contributed by atoms with Gasteiger partial charge in [0.2, 0.25) is 5.91 Å². The summed E-state index contributed by atoms with van der Waals surface area (Å²) < 4.78 is 17.3. The highest BCUT2D eigenvalue weighted by molar-refractivity contribution is 9.10. The fourth-order valence-corrected chi connectivity index (χ4v) is 3.31. The number of ether oxygens (including phenoxy) is 3. The van der Waals surface area contributed by atoms with Crippen molar-refractivity contribution < 1.29 is 19.0 Å². The molecule has 30 heavy (non-hydrogen) atoms. The number of hydrogen-bond donors (Lipinski definition) is 1. The molecule has 0 heterocycles. The van der Waals surface area contributed by atoms with E-state index in [0.29, 0.717) is 23.8 Å². The predicted octanol–water partition coefficient (Wildman–Crippen LogP) is 5.70. The van der Waals surface area contributed by atoms with Crippen molar-refractivity contribution >= 4 is 33.6 Å². The number of halogens is 1. The van der Waals surface area contributed by atoms with E-state index in [2.05, 4.69) is 21.2 Å². The molecule has 0 bridgehead atoms. The van der Waals surface area contributed by atoms with Crippen LogP contribution in [0.25, 0.3) is 6.08 Å². The molecule has 6 heteroatoms. The van der Waals surface area contributed by atoms with Gasteiger partial charge in [-0.2, -0.15) is 0 Å². The summed E-state index contributed by atoms with van der Waals surface area (Å²) in [6.07, 6.45) is 3.18. The summed E-state index contributed by atoms with van der Waals surface area (Å²) in [5.41, 5.74) is 2.55. The molecule has 0 unspecified atom stereocenters. The lowest BCUT2D eigenvalue weighted by Gasteiger charge is -2.13. The van der Waals surface area contributed by atoms with E-state index in [0.717, 1.165) is 21.3 Å². The van der Waals surface area contributed by atoms with Crippen LogP contribution in [-0.4, -0.2) is 20.1 Å². The third kappa shape index (κ3) is 5.87. The Balaban J connectivity index is 1.68. The van der Waals surface area contributed by atoms with Gasteiger partial charge in [-0.25, -0.2) is 0 Å². The van der Waals surface area contributed by atoms with E-state index < -0.39 is 0 Å². The van der Waals surface area contributed by atoms with Gasteiger partial charge in [-0.15, -0.1) is 0 Å². The number of rotatable bonds is 8. The van der Waals surface area contributed by atoms with Crippen LogP contribution in [0.3, 0.4) is 0 Å². The van der Waals surface area contributed by atoms with Crippen LogP contribution in [0.15, 0.2) is 77.3 Å². The van der Waals surface area contributed by atoms with E-state index in [1.807, 2.05) is 42.5 Å². The molecule has 0 saturated heterocycles. The maximum Gasteiger partial charge on any atom is 0.248 e. The molecule has 3 aromatic rings. The first-order chi connectivity index (χ1) is 14.6. The normalized spacial score (nSPS) is 10.6. The maximum absolute atomic E-state index is 12.2. The van der Waals surface area contributed by atoms with Crippen molar-refractivity contribution in [1.29, 1.82) is 0 Å². The fraction of sp³-hybridized carbons (Fsp3) is 0.125. The molecule has 0 aliphatic carbocycles. The van der Waals surface area contributed by atoms with Crippen LogP contribution in [0.2, 0.25) is 0 Å². The van der Waals surface area contributed by atoms with Crippen molar-refractivity contribution in [2.45, 2.75) is 6.61 Å². The first-order valence-electron chi connectivity index (χ1n) is 9.26. The molecular weight excluding hydrogens is 446 g/mol. The standard InChI is InChI=1S/C24H22BrNO4/c1-28-20-11-9-19(10-12-20)26-23(27)13-8-18-14-21(25)24(22(15-18)29-2)30-16-17-6-4-3-5-7-17/h3-15H,16H2,1-2H3,(H,26,27)/b13-8+. The Morgan fingerprint density at radius 1 is 1.00 bits per heavy atom. The minimum absolute atomic E-state index is 0.236. The minimum Gasteiger partial charge on any atom is -0.497 e. The Kier molecular flexibility index (Phi) is 7.51. The van der Waals surface area contributed by atoms with Crippen LogP contribution < -0.4 is 19.5 Å². The minimum atomic E-state index is -0.236. The first kappa shape index (κ1) is 21.5. The summed E-state index contributed by atoms with van der Waals surface area (Å²) >= 11 is 3.54. The highest BCUT2D eigenvalue weighted by Crippen LogP contribution is 2.37. The molecule has 0 spiro atoms. The van der Waals surface area contributed by atoms with Crippen LogP contribution in [0.1, 0.15) is 11.1 Å². The second-order valence-electron chi connectivity index (χ2n) is 6.36.